The Balaban J connectivity index is 2.17. The second-order valence-electron chi connectivity index (χ2n) is 6.51. The lowest BCUT2D eigenvalue weighted by Crippen LogP contribution is -2.31. The van der Waals surface area contributed by atoms with Crippen molar-refractivity contribution in [2.45, 2.75) is 0 Å². The number of nitrogens with one attached hydrogen (secondary N) is 3. The van der Waals surface area contributed by atoms with Crippen LogP contribution in [0.25, 0.3) is 0 Å². The van der Waals surface area contributed by atoms with E-state index in [1.807, 2.05) is 41.6 Å². The predicted molar refractivity (Wildman–Crippen MR) is 118 cm³/mol. The molecule has 2 rings (SSSR count). The molecule has 0 unspecified atom stereocenters. The second-order valence-corrected chi connectivity index (χ2v) is 9.59. The number of nitrogens with zero attached hydrogens (tertiary/aromatic N) is 1. The van der Waals surface area contributed by atoms with Gasteiger partial charge in [-0.25, -0.2) is 21.6 Å². The SMILES string of the molecule is CN(C)CCNCCS(=O)(=O)Nc1ccc(F)c(F)c1Nc1ccc(I)cc1F. The van der Waals surface area contributed by atoms with Crippen molar-refractivity contribution in [1.29, 1.82) is 0 Å². The number of benzene rings is 2. The Morgan fingerprint density at radius 1 is 1.00 bits per heavy atom. The van der Waals surface area contributed by atoms with Gasteiger partial charge in [0.25, 0.3) is 0 Å². The molecular formula is C18H22F3IN4O2S. The highest BCUT2D eigenvalue weighted by Gasteiger charge is 2.19. The molecule has 160 valence electrons. The number of anilines is 3. The second kappa shape index (κ2) is 10.5. The van der Waals surface area contributed by atoms with Crippen LogP contribution in [0.2, 0.25) is 0 Å². The van der Waals surface area contributed by atoms with Crippen LogP contribution in [0.3, 0.4) is 0 Å². The molecule has 0 fully saturated rings. The third kappa shape index (κ3) is 7.32. The van der Waals surface area contributed by atoms with Gasteiger partial charge in [0.1, 0.15) is 11.5 Å². The minimum absolute atomic E-state index is 0.110. The smallest absolute Gasteiger partial charge is 0.234 e. The molecule has 0 aliphatic rings. The maximum Gasteiger partial charge on any atom is 0.234 e. The lowest BCUT2D eigenvalue weighted by molar-refractivity contribution is 0.402. The van der Waals surface area contributed by atoms with Crippen molar-refractivity contribution in [3.8, 4) is 0 Å². The molecule has 0 aliphatic carbocycles. The van der Waals surface area contributed by atoms with Crippen molar-refractivity contribution in [2.75, 3.05) is 49.5 Å². The zero-order chi connectivity index (χ0) is 21.6. The van der Waals surface area contributed by atoms with Crippen LogP contribution < -0.4 is 15.4 Å². The normalized spacial score (nSPS) is 11.7. The third-order valence-corrected chi connectivity index (χ3v) is 5.78. The molecule has 0 atom stereocenters. The largest absolute Gasteiger partial charge is 0.349 e. The van der Waals surface area contributed by atoms with E-state index in [1.54, 1.807) is 6.07 Å². The topological polar surface area (TPSA) is 73.5 Å². The van der Waals surface area contributed by atoms with E-state index in [4.69, 9.17) is 0 Å². The first kappa shape index (κ1) is 23.7. The maximum atomic E-state index is 14.3. The Labute approximate surface area is 182 Å². The molecule has 0 radical (unpaired) electrons. The first-order valence-corrected chi connectivity index (χ1v) is 11.4. The van der Waals surface area contributed by atoms with E-state index in [9.17, 15) is 21.6 Å². The van der Waals surface area contributed by atoms with Crippen LogP contribution in [0.4, 0.5) is 30.2 Å². The van der Waals surface area contributed by atoms with E-state index >= 15 is 0 Å². The number of hydrogen-bond donors (Lipinski definition) is 3. The number of halogens is 4. The molecule has 0 heterocycles. The van der Waals surface area contributed by atoms with Gasteiger partial charge in [-0.2, -0.15) is 0 Å². The fourth-order valence-corrected chi connectivity index (χ4v) is 3.81. The van der Waals surface area contributed by atoms with Crippen LogP contribution in [0.5, 0.6) is 0 Å². The first-order valence-electron chi connectivity index (χ1n) is 8.65. The Bertz CT molecular complexity index is 958. The van der Waals surface area contributed by atoms with Crippen LogP contribution in [-0.2, 0) is 10.0 Å². The summed E-state index contributed by atoms with van der Waals surface area (Å²) in [4.78, 5) is 1.95. The van der Waals surface area contributed by atoms with E-state index in [0.29, 0.717) is 10.1 Å². The molecule has 0 saturated heterocycles. The van der Waals surface area contributed by atoms with Gasteiger partial charge >= 0.3 is 0 Å². The summed E-state index contributed by atoms with van der Waals surface area (Å²) < 4.78 is 69.7. The van der Waals surface area contributed by atoms with E-state index in [0.717, 1.165) is 18.7 Å². The van der Waals surface area contributed by atoms with E-state index in [1.165, 1.54) is 12.1 Å². The van der Waals surface area contributed by atoms with Crippen LogP contribution in [0, 0.1) is 21.0 Å². The van der Waals surface area contributed by atoms with Crippen molar-refractivity contribution in [3.63, 3.8) is 0 Å². The van der Waals surface area contributed by atoms with Crippen molar-refractivity contribution >= 4 is 49.7 Å². The molecule has 2 aromatic rings. The molecule has 29 heavy (non-hydrogen) atoms. The van der Waals surface area contributed by atoms with Crippen LogP contribution >= 0.6 is 22.6 Å². The molecule has 11 heteroatoms. The van der Waals surface area contributed by atoms with Gasteiger partial charge in [0.15, 0.2) is 11.6 Å². The summed E-state index contributed by atoms with van der Waals surface area (Å²) in [5.74, 6) is -3.45. The number of rotatable bonds is 10. The number of sulfonamides is 1. The zero-order valence-corrected chi connectivity index (χ0v) is 18.9. The summed E-state index contributed by atoms with van der Waals surface area (Å²) >= 11 is 1.91. The van der Waals surface area contributed by atoms with Gasteiger partial charge in [-0.05, 0) is 67.0 Å². The summed E-state index contributed by atoms with van der Waals surface area (Å²) in [6, 6.07) is 6.03. The van der Waals surface area contributed by atoms with Gasteiger partial charge in [0.2, 0.25) is 10.0 Å². The van der Waals surface area contributed by atoms with Gasteiger partial charge in [-0.3, -0.25) is 4.72 Å². The minimum atomic E-state index is -3.85. The van der Waals surface area contributed by atoms with Gasteiger partial charge in [-0.15, -0.1) is 0 Å². The minimum Gasteiger partial charge on any atom is -0.349 e. The summed E-state index contributed by atoms with van der Waals surface area (Å²) in [7, 11) is -0.0530. The quantitative estimate of drug-likeness (QED) is 0.318. The third-order valence-electron chi connectivity index (χ3n) is 3.83. The molecular weight excluding hydrogens is 520 g/mol. The number of hydrogen-bond acceptors (Lipinski definition) is 5. The Hall–Kier alpha value is -1.57. The van der Waals surface area contributed by atoms with Gasteiger partial charge in [-0.1, -0.05) is 0 Å². The van der Waals surface area contributed by atoms with E-state index in [2.05, 4.69) is 15.4 Å². The summed E-state index contributed by atoms with van der Waals surface area (Å²) in [5.41, 5.74) is -0.815. The molecule has 6 nitrogen and oxygen atoms in total. The lowest BCUT2D eigenvalue weighted by atomic mass is 10.2. The molecule has 2 aromatic carbocycles. The van der Waals surface area contributed by atoms with Gasteiger partial charge in [0, 0.05) is 23.2 Å². The van der Waals surface area contributed by atoms with Crippen molar-refractivity contribution in [1.82, 2.24) is 10.2 Å². The Morgan fingerprint density at radius 3 is 2.34 bits per heavy atom. The van der Waals surface area contributed by atoms with E-state index < -0.39 is 33.2 Å². The lowest BCUT2D eigenvalue weighted by Gasteiger charge is -2.16. The fraction of sp³-hybridized carbons (Fsp3) is 0.333. The molecule has 0 spiro atoms. The van der Waals surface area contributed by atoms with Crippen molar-refractivity contribution in [2.24, 2.45) is 0 Å². The zero-order valence-electron chi connectivity index (χ0n) is 15.9. The standard InChI is InChI=1S/C18H22F3IN4O2S/c1-26(2)9-7-23-8-10-29(27,28)25-16-6-4-13(19)17(21)18(16)24-15-5-3-12(22)11-14(15)20/h3-6,11,23-25H,7-10H2,1-2H3. The summed E-state index contributed by atoms with van der Waals surface area (Å²) in [6.07, 6.45) is 0. The van der Waals surface area contributed by atoms with Crippen LogP contribution in [0.1, 0.15) is 0 Å². The molecule has 3 N–H and O–H groups in total. The maximum absolute atomic E-state index is 14.3. The highest BCUT2D eigenvalue weighted by molar-refractivity contribution is 14.1. The Kier molecular flexibility index (Phi) is 8.55. The van der Waals surface area contributed by atoms with Gasteiger partial charge in [0.05, 0.1) is 17.1 Å². The first-order chi connectivity index (χ1) is 13.6. The van der Waals surface area contributed by atoms with E-state index in [-0.39, 0.29) is 23.7 Å². The average molecular weight is 542 g/mol. The fourth-order valence-electron chi connectivity index (χ4n) is 2.34. The van der Waals surface area contributed by atoms with Gasteiger partial charge < -0.3 is 15.5 Å². The predicted octanol–water partition coefficient (Wildman–Crippen LogP) is 3.35. The van der Waals surface area contributed by atoms with Crippen molar-refractivity contribution < 1.29 is 21.6 Å². The molecule has 0 aliphatic heterocycles. The molecule has 0 aromatic heterocycles. The average Bonchev–Trinajstić information content (AvgIpc) is 2.62. The molecule has 0 bridgehead atoms. The summed E-state index contributed by atoms with van der Waals surface area (Å²) in [5, 5.41) is 5.43. The Morgan fingerprint density at radius 2 is 1.69 bits per heavy atom. The van der Waals surface area contributed by atoms with Crippen LogP contribution in [-0.4, -0.2) is 52.8 Å². The van der Waals surface area contributed by atoms with Crippen LogP contribution in [0.15, 0.2) is 30.3 Å². The highest BCUT2D eigenvalue weighted by atomic mass is 127. The molecule has 0 amide bonds. The molecule has 0 saturated carbocycles. The monoisotopic (exact) mass is 542 g/mol. The summed E-state index contributed by atoms with van der Waals surface area (Å²) in [6.45, 7) is 1.53. The highest BCUT2D eigenvalue weighted by Crippen LogP contribution is 2.32. The number of likely N-dealkylation sites (N-methyl/N-ethyl adjacent to an activating group) is 1. The van der Waals surface area contributed by atoms with Crippen molar-refractivity contribution in [3.05, 3.63) is 51.4 Å².